The van der Waals surface area contributed by atoms with Crippen LogP contribution in [0.3, 0.4) is 0 Å². The smallest absolute Gasteiger partial charge is 0.305 e. The van der Waals surface area contributed by atoms with Crippen LogP contribution < -0.4 is 5.32 Å². The summed E-state index contributed by atoms with van der Waals surface area (Å²) in [5.41, 5.74) is 0. The average molecular weight is 1000 g/mol. The highest BCUT2D eigenvalue weighted by Gasteiger charge is 2.18. The second kappa shape index (κ2) is 61.1. The monoisotopic (exact) mass is 1000 g/mol. The third kappa shape index (κ3) is 57.7. The number of hydrogen-bond acceptors (Lipinski definition) is 5. The van der Waals surface area contributed by atoms with Gasteiger partial charge in [-0.1, -0.05) is 334 Å². The molecule has 6 nitrogen and oxygen atoms in total. The molecule has 0 rings (SSSR count). The highest BCUT2D eigenvalue weighted by Crippen LogP contribution is 2.18. The maximum Gasteiger partial charge on any atom is 0.305 e. The van der Waals surface area contributed by atoms with E-state index < -0.39 is 12.1 Å². The minimum atomic E-state index is -0.847. The van der Waals surface area contributed by atoms with Gasteiger partial charge in [-0.25, -0.2) is 0 Å². The fourth-order valence-corrected chi connectivity index (χ4v) is 10.3. The van der Waals surface area contributed by atoms with Gasteiger partial charge >= 0.3 is 5.97 Å². The molecular formula is C65H127NO5. The zero-order valence-electron chi connectivity index (χ0n) is 48.2. The van der Waals surface area contributed by atoms with Crippen molar-refractivity contribution in [2.75, 3.05) is 13.2 Å². The summed E-state index contributed by atoms with van der Waals surface area (Å²) < 4.78 is 5.50. The van der Waals surface area contributed by atoms with E-state index in [1.165, 1.54) is 302 Å². The van der Waals surface area contributed by atoms with Crippen LogP contribution in [0.25, 0.3) is 0 Å². The Balaban J connectivity index is 3.40. The van der Waals surface area contributed by atoms with Crippen molar-refractivity contribution in [3.8, 4) is 0 Å². The molecule has 0 aromatic heterocycles. The minimum absolute atomic E-state index is 0.0118. The molecule has 3 N–H and O–H groups in total. The first-order valence-corrected chi connectivity index (χ1v) is 32.5. The van der Waals surface area contributed by atoms with Gasteiger partial charge in [0.15, 0.2) is 0 Å². The standard InChI is InChI=1S/C65H127NO5/c1-3-5-7-9-11-13-15-17-19-21-25-29-33-37-41-45-49-53-57-63(68)62(61-67)66-64(69)58-54-50-46-42-38-34-30-26-23-24-28-32-36-40-44-48-52-56-60-71-65(70)59-55-51-47-43-39-35-31-27-22-20-18-16-14-12-10-8-6-4-2/h53,57,62-63,67-68H,3-52,54-56,58-61H2,1-2H3,(H,66,69)/b57-53+. The third-order valence-electron chi connectivity index (χ3n) is 15.3. The highest BCUT2D eigenvalue weighted by atomic mass is 16.5. The number of amides is 1. The van der Waals surface area contributed by atoms with Crippen LogP contribution in [0.15, 0.2) is 12.2 Å². The Hall–Kier alpha value is -1.40. The zero-order valence-corrected chi connectivity index (χ0v) is 48.2. The van der Waals surface area contributed by atoms with Crippen molar-refractivity contribution >= 4 is 11.9 Å². The van der Waals surface area contributed by atoms with Crippen LogP contribution in [0.4, 0.5) is 0 Å². The van der Waals surface area contributed by atoms with E-state index in [-0.39, 0.29) is 18.5 Å². The lowest BCUT2D eigenvalue weighted by Gasteiger charge is -2.20. The van der Waals surface area contributed by atoms with E-state index in [2.05, 4.69) is 19.2 Å². The van der Waals surface area contributed by atoms with Gasteiger partial charge in [-0.15, -0.1) is 0 Å². The van der Waals surface area contributed by atoms with Gasteiger partial charge in [-0.05, 0) is 32.1 Å². The van der Waals surface area contributed by atoms with Crippen molar-refractivity contribution < 1.29 is 24.5 Å². The quantitative estimate of drug-likeness (QED) is 0.0320. The molecule has 422 valence electrons. The molecule has 0 aliphatic heterocycles. The molecule has 0 spiro atoms. The molecule has 0 aromatic rings. The number of rotatable bonds is 61. The second-order valence-corrected chi connectivity index (χ2v) is 22.5. The van der Waals surface area contributed by atoms with Crippen LogP contribution in [0, 0.1) is 0 Å². The van der Waals surface area contributed by atoms with Crippen molar-refractivity contribution in [2.45, 2.75) is 379 Å². The van der Waals surface area contributed by atoms with E-state index in [1.807, 2.05) is 6.08 Å². The van der Waals surface area contributed by atoms with Gasteiger partial charge in [-0.3, -0.25) is 9.59 Å². The molecule has 2 atom stereocenters. The van der Waals surface area contributed by atoms with Gasteiger partial charge < -0.3 is 20.3 Å². The molecule has 0 saturated carbocycles. The molecule has 2 unspecified atom stereocenters. The molecule has 0 saturated heterocycles. The first-order valence-electron chi connectivity index (χ1n) is 32.5. The van der Waals surface area contributed by atoms with Crippen LogP contribution in [0.1, 0.15) is 367 Å². The molecule has 6 heteroatoms. The largest absolute Gasteiger partial charge is 0.466 e. The molecule has 1 amide bonds. The molecule has 0 aliphatic rings. The Morgan fingerprint density at radius 2 is 0.648 bits per heavy atom. The first-order chi connectivity index (χ1) is 35.0. The summed E-state index contributed by atoms with van der Waals surface area (Å²) in [4.78, 5) is 24.6. The predicted molar refractivity (Wildman–Crippen MR) is 310 cm³/mol. The van der Waals surface area contributed by atoms with Crippen LogP contribution in [0.2, 0.25) is 0 Å². The number of esters is 1. The number of unbranched alkanes of at least 4 members (excludes halogenated alkanes) is 50. The second-order valence-electron chi connectivity index (χ2n) is 22.5. The molecular weight excluding hydrogens is 875 g/mol. The summed E-state index contributed by atoms with van der Waals surface area (Å²) in [6, 6.07) is -0.631. The Morgan fingerprint density at radius 1 is 0.380 bits per heavy atom. The maximum atomic E-state index is 12.5. The topological polar surface area (TPSA) is 95.9 Å². The number of nitrogens with one attached hydrogen (secondary N) is 1. The van der Waals surface area contributed by atoms with Gasteiger partial charge in [-0.2, -0.15) is 0 Å². The Bertz CT molecular complexity index is 1060. The normalized spacial score (nSPS) is 12.6. The molecule has 0 heterocycles. The van der Waals surface area contributed by atoms with Gasteiger partial charge in [0, 0.05) is 12.8 Å². The number of allylic oxidation sites excluding steroid dienone is 1. The van der Waals surface area contributed by atoms with Crippen LogP contribution in [-0.4, -0.2) is 47.4 Å². The predicted octanol–water partition coefficient (Wildman–Crippen LogP) is 20.4. The van der Waals surface area contributed by atoms with Gasteiger partial charge in [0.05, 0.1) is 25.4 Å². The maximum absolute atomic E-state index is 12.5. The lowest BCUT2D eigenvalue weighted by Crippen LogP contribution is -2.45. The lowest BCUT2D eigenvalue weighted by atomic mass is 10.0. The average Bonchev–Trinajstić information content (AvgIpc) is 3.37. The minimum Gasteiger partial charge on any atom is -0.466 e. The fraction of sp³-hybridized carbons (Fsp3) is 0.938. The Kier molecular flexibility index (Phi) is 59.9. The first kappa shape index (κ1) is 69.6. The Morgan fingerprint density at radius 3 is 0.958 bits per heavy atom. The molecule has 0 aliphatic carbocycles. The van der Waals surface area contributed by atoms with E-state index >= 15 is 0 Å². The molecule has 71 heavy (non-hydrogen) atoms. The van der Waals surface area contributed by atoms with Crippen molar-refractivity contribution in [1.82, 2.24) is 5.32 Å². The van der Waals surface area contributed by atoms with E-state index in [1.54, 1.807) is 6.08 Å². The third-order valence-corrected chi connectivity index (χ3v) is 15.3. The van der Waals surface area contributed by atoms with Crippen LogP contribution in [0.5, 0.6) is 0 Å². The molecule has 0 aromatic carbocycles. The lowest BCUT2D eigenvalue weighted by molar-refractivity contribution is -0.143. The summed E-state index contributed by atoms with van der Waals surface area (Å²) in [6.07, 6.45) is 74.0. The summed E-state index contributed by atoms with van der Waals surface area (Å²) in [7, 11) is 0. The number of aliphatic hydroxyl groups is 2. The van der Waals surface area contributed by atoms with Crippen molar-refractivity contribution in [3.05, 3.63) is 12.2 Å². The van der Waals surface area contributed by atoms with Crippen LogP contribution >= 0.6 is 0 Å². The van der Waals surface area contributed by atoms with E-state index in [0.717, 1.165) is 38.5 Å². The number of hydrogen-bond donors (Lipinski definition) is 3. The number of aliphatic hydroxyl groups excluding tert-OH is 2. The van der Waals surface area contributed by atoms with Crippen molar-refractivity contribution in [2.24, 2.45) is 0 Å². The molecule has 0 fully saturated rings. The van der Waals surface area contributed by atoms with Gasteiger partial charge in [0.2, 0.25) is 5.91 Å². The SMILES string of the molecule is CCCCCCCCCCCCCCCCCC/C=C/C(O)C(CO)NC(=O)CCCCCCCCCCCCCCCCCCCCOC(=O)CCCCCCCCCCCCCCCCCCCC. The van der Waals surface area contributed by atoms with Crippen LogP contribution in [-0.2, 0) is 14.3 Å². The summed E-state index contributed by atoms with van der Waals surface area (Å²) in [5, 5.41) is 23.2. The van der Waals surface area contributed by atoms with Crippen molar-refractivity contribution in [3.63, 3.8) is 0 Å². The number of carbonyl (C=O) groups excluding carboxylic acids is 2. The number of carbonyl (C=O) groups is 2. The Labute approximate surface area is 444 Å². The van der Waals surface area contributed by atoms with Gasteiger partial charge in [0.25, 0.3) is 0 Å². The van der Waals surface area contributed by atoms with E-state index in [9.17, 15) is 19.8 Å². The fourth-order valence-electron chi connectivity index (χ4n) is 10.3. The summed E-state index contributed by atoms with van der Waals surface area (Å²) in [6.45, 7) is 4.93. The van der Waals surface area contributed by atoms with E-state index in [4.69, 9.17) is 4.74 Å². The number of ether oxygens (including phenoxy) is 1. The molecule has 0 radical (unpaired) electrons. The van der Waals surface area contributed by atoms with Crippen molar-refractivity contribution in [1.29, 1.82) is 0 Å². The van der Waals surface area contributed by atoms with E-state index in [0.29, 0.717) is 19.4 Å². The summed E-state index contributed by atoms with van der Waals surface area (Å²) >= 11 is 0. The molecule has 0 bridgehead atoms. The van der Waals surface area contributed by atoms with Gasteiger partial charge in [0.1, 0.15) is 0 Å². The highest BCUT2D eigenvalue weighted by molar-refractivity contribution is 5.76. The summed E-state index contributed by atoms with van der Waals surface area (Å²) in [5.74, 6) is -0.0565. The zero-order chi connectivity index (χ0) is 51.4.